The molecule has 1 N–H and O–H groups in total. The molecule has 0 radical (unpaired) electrons. The molecule has 1 atom stereocenters. The Morgan fingerprint density at radius 2 is 2.18 bits per heavy atom. The van der Waals surface area contributed by atoms with Gasteiger partial charge in [0, 0.05) is 43.4 Å². The summed E-state index contributed by atoms with van der Waals surface area (Å²) in [5.41, 5.74) is 0.938. The van der Waals surface area contributed by atoms with E-state index in [-0.39, 0.29) is 17.6 Å². The Bertz CT molecular complexity index is 842. The average molecular weight is 401 g/mol. The van der Waals surface area contributed by atoms with E-state index in [4.69, 9.17) is 9.47 Å². The summed E-state index contributed by atoms with van der Waals surface area (Å²) in [4.78, 5) is 25.6. The number of hydrogen-bond donors (Lipinski definition) is 1. The topological polar surface area (TPSA) is 76.6 Å². The molecular weight excluding hydrogens is 376 g/mol. The van der Waals surface area contributed by atoms with Crippen LogP contribution in [-0.4, -0.2) is 54.8 Å². The molecule has 28 heavy (non-hydrogen) atoms. The summed E-state index contributed by atoms with van der Waals surface area (Å²) in [6.07, 6.45) is 8.80. The van der Waals surface area contributed by atoms with Crippen molar-refractivity contribution in [2.75, 3.05) is 37.8 Å². The smallest absolute Gasteiger partial charge is 0.261 e. The van der Waals surface area contributed by atoms with Gasteiger partial charge in [-0.2, -0.15) is 0 Å². The zero-order valence-electron chi connectivity index (χ0n) is 15.7. The lowest BCUT2D eigenvalue weighted by Gasteiger charge is -2.44. The zero-order chi connectivity index (χ0) is 19.0. The largest absolute Gasteiger partial charge is 0.379 e. The van der Waals surface area contributed by atoms with Crippen molar-refractivity contribution in [1.82, 2.24) is 15.3 Å². The lowest BCUT2D eigenvalue weighted by Crippen LogP contribution is -2.46. The predicted octanol–water partition coefficient (Wildman–Crippen LogP) is 2.13. The first-order valence-corrected chi connectivity index (χ1v) is 10.7. The minimum Gasteiger partial charge on any atom is -0.379 e. The normalized spacial score (nSPS) is 23.6. The molecule has 2 saturated heterocycles. The minimum absolute atomic E-state index is 0.0158. The number of thiophene rings is 1. The SMILES string of the molecule is O=C(NC1CCOC1)c1cc2c(s1)CCOC21CCN(c2cnccn2)CC1. The van der Waals surface area contributed by atoms with E-state index in [1.54, 1.807) is 23.7 Å². The van der Waals surface area contributed by atoms with Crippen molar-refractivity contribution < 1.29 is 14.3 Å². The van der Waals surface area contributed by atoms with E-state index < -0.39 is 0 Å². The number of anilines is 1. The van der Waals surface area contributed by atoms with E-state index in [1.165, 1.54) is 10.4 Å². The van der Waals surface area contributed by atoms with Crippen LogP contribution in [-0.2, 0) is 21.5 Å². The third-order valence-electron chi connectivity index (χ3n) is 5.94. The molecule has 2 aromatic heterocycles. The maximum absolute atomic E-state index is 12.7. The summed E-state index contributed by atoms with van der Waals surface area (Å²) in [7, 11) is 0. The first-order valence-electron chi connectivity index (χ1n) is 9.90. The third kappa shape index (κ3) is 3.29. The molecular formula is C20H24N4O3S. The summed E-state index contributed by atoms with van der Waals surface area (Å²) in [5, 5.41) is 3.11. The maximum atomic E-state index is 12.7. The molecule has 2 fully saturated rings. The van der Waals surface area contributed by atoms with Crippen LogP contribution in [0, 0.1) is 0 Å². The van der Waals surface area contributed by atoms with Crippen molar-refractivity contribution in [1.29, 1.82) is 0 Å². The second-order valence-corrected chi connectivity index (χ2v) is 8.76. The highest BCUT2D eigenvalue weighted by atomic mass is 32.1. The Morgan fingerprint density at radius 3 is 2.93 bits per heavy atom. The Labute approximate surface area is 168 Å². The summed E-state index contributed by atoms with van der Waals surface area (Å²) >= 11 is 1.62. The van der Waals surface area contributed by atoms with Gasteiger partial charge in [0.05, 0.1) is 35.9 Å². The molecule has 1 spiro atoms. The van der Waals surface area contributed by atoms with E-state index >= 15 is 0 Å². The average Bonchev–Trinajstić information content (AvgIpc) is 3.40. The summed E-state index contributed by atoms with van der Waals surface area (Å²) in [5.74, 6) is 0.930. The number of rotatable bonds is 3. The van der Waals surface area contributed by atoms with Crippen molar-refractivity contribution in [3.05, 3.63) is 40.0 Å². The third-order valence-corrected chi connectivity index (χ3v) is 7.13. The van der Waals surface area contributed by atoms with Gasteiger partial charge in [0.15, 0.2) is 0 Å². The van der Waals surface area contributed by atoms with Crippen LogP contribution in [0.15, 0.2) is 24.7 Å². The summed E-state index contributed by atoms with van der Waals surface area (Å²) < 4.78 is 11.7. The molecule has 7 nitrogen and oxygen atoms in total. The van der Waals surface area contributed by atoms with Crippen molar-refractivity contribution >= 4 is 23.1 Å². The molecule has 0 aromatic carbocycles. The highest BCUT2D eigenvalue weighted by molar-refractivity contribution is 7.14. The van der Waals surface area contributed by atoms with Gasteiger partial charge in [-0.05, 0) is 30.9 Å². The Kier molecular flexibility index (Phi) is 4.78. The van der Waals surface area contributed by atoms with Crippen LogP contribution in [0.5, 0.6) is 0 Å². The van der Waals surface area contributed by atoms with Crippen molar-refractivity contribution in [3.63, 3.8) is 0 Å². The van der Waals surface area contributed by atoms with E-state index in [0.29, 0.717) is 6.61 Å². The van der Waals surface area contributed by atoms with Gasteiger partial charge < -0.3 is 19.7 Å². The van der Waals surface area contributed by atoms with Crippen LogP contribution in [0.2, 0.25) is 0 Å². The fourth-order valence-corrected chi connectivity index (χ4v) is 5.53. The monoisotopic (exact) mass is 400 g/mol. The number of ether oxygens (including phenoxy) is 2. The molecule has 3 aliphatic heterocycles. The van der Waals surface area contributed by atoms with Crippen LogP contribution >= 0.6 is 11.3 Å². The summed E-state index contributed by atoms with van der Waals surface area (Å²) in [6, 6.07) is 2.20. The van der Waals surface area contributed by atoms with E-state index in [1.807, 2.05) is 6.20 Å². The lowest BCUT2D eigenvalue weighted by molar-refractivity contribution is -0.0757. The molecule has 3 aliphatic rings. The molecule has 148 valence electrons. The highest BCUT2D eigenvalue weighted by Crippen LogP contribution is 2.45. The van der Waals surface area contributed by atoms with Gasteiger partial charge in [-0.3, -0.25) is 9.78 Å². The molecule has 8 heteroatoms. The molecule has 2 aromatic rings. The second kappa shape index (κ2) is 7.42. The quantitative estimate of drug-likeness (QED) is 0.851. The Balaban J connectivity index is 1.33. The van der Waals surface area contributed by atoms with Gasteiger partial charge in [-0.15, -0.1) is 11.3 Å². The van der Waals surface area contributed by atoms with Gasteiger partial charge in [0.1, 0.15) is 5.82 Å². The van der Waals surface area contributed by atoms with Gasteiger partial charge in [-0.1, -0.05) is 0 Å². The lowest BCUT2D eigenvalue weighted by atomic mass is 9.82. The molecule has 0 aliphatic carbocycles. The first-order chi connectivity index (χ1) is 13.7. The predicted molar refractivity (Wildman–Crippen MR) is 106 cm³/mol. The number of carbonyl (C=O) groups is 1. The van der Waals surface area contributed by atoms with Gasteiger partial charge in [0.2, 0.25) is 0 Å². The molecule has 0 saturated carbocycles. The van der Waals surface area contributed by atoms with Crippen molar-refractivity contribution in [2.24, 2.45) is 0 Å². The Morgan fingerprint density at radius 1 is 1.29 bits per heavy atom. The van der Waals surface area contributed by atoms with Crippen LogP contribution in [0.3, 0.4) is 0 Å². The standard InChI is InChI=1S/C20H24N4O3S/c25-19(23-14-1-9-26-13-14)17-11-15-16(28-17)2-10-27-20(15)3-7-24(8-4-20)18-12-21-5-6-22-18/h5-6,11-12,14H,1-4,7-10,13H2,(H,23,25). The maximum Gasteiger partial charge on any atom is 0.261 e. The minimum atomic E-state index is -0.280. The molecule has 1 amide bonds. The van der Waals surface area contributed by atoms with E-state index in [0.717, 1.165) is 62.7 Å². The number of carbonyl (C=O) groups excluding carboxylic acids is 1. The van der Waals surface area contributed by atoms with Crippen LogP contribution in [0.25, 0.3) is 0 Å². The number of nitrogens with one attached hydrogen (secondary N) is 1. The van der Waals surface area contributed by atoms with Crippen LogP contribution < -0.4 is 10.2 Å². The van der Waals surface area contributed by atoms with E-state index in [2.05, 4.69) is 26.3 Å². The zero-order valence-corrected chi connectivity index (χ0v) is 16.5. The summed E-state index contributed by atoms with van der Waals surface area (Å²) in [6.45, 7) is 3.80. The first kappa shape index (κ1) is 18.0. The number of hydrogen-bond acceptors (Lipinski definition) is 7. The molecule has 5 heterocycles. The number of nitrogens with zero attached hydrogens (tertiary/aromatic N) is 3. The van der Waals surface area contributed by atoms with Crippen molar-refractivity contribution in [3.8, 4) is 0 Å². The van der Waals surface area contributed by atoms with Crippen LogP contribution in [0.1, 0.15) is 39.4 Å². The number of aromatic nitrogens is 2. The van der Waals surface area contributed by atoms with Crippen LogP contribution in [0.4, 0.5) is 5.82 Å². The second-order valence-electron chi connectivity index (χ2n) is 7.62. The highest BCUT2D eigenvalue weighted by Gasteiger charge is 2.42. The Hall–Kier alpha value is -2.03. The fourth-order valence-electron chi connectivity index (χ4n) is 4.40. The van der Waals surface area contributed by atoms with Crippen molar-refractivity contribution in [2.45, 2.75) is 37.3 Å². The van der Waals surface area contributed by atoms with Gasteiger partial charge in [0.25, 0.3) is 5.91 Å². The number of piperidine rings is 1. The number of fused-ring (bicyclic) bond motifs is 2. The number of amides is 1. The molecule has 5 rings (SSSR count). The molecule has 0 bridgehead atoms. The van der Waals surface area contributed by atoms with Gasteiger partial charge in [-0.25, -0.2) is 4.98 Å². The van der Waals surface area contributed by atoms with Gasteiger partial charge >= 0.3 is 0 Å². The van der Waals surface area contributed by atoms with E-state index in [9.17, 15) is 4.79 Å². The fraction of sp³-hybridized carbons (Fsp3) is 0.550. The molecule has 1 unspecified atom stereocenters.